The maximum Gasteiger partial charge on any atom is 0.333 e. The Balaban J connectivity index is 0.000000483. The van der Waals surface area contributed by atoms with Gasteiger partial charge in [0.05, 0.1) is 26.4 Å². The van der Waals surface area contributed by atoms with Crippen LogP contribution in [0.2, 0.25) is 0 Å². The maximum atomic E-state index is 11.8. The number of ether oxygens (including phenoxy) is 8. The highest BCUT2D eigenvalue weighted by atomic mass is 16.6. The lowest BCUT2D eigenvalue weighted by molar-refractivity contribution is -0.161. The molecule has 0 saturated heterocycles. The summed E-state index contributed by atoms with van der Waals surface area (Å²) in [6.07, 6.45) is 10.6. The monoisotopic (exact) mass is 848 g/mol. The van der Waals surface area contributed by atoms with Crippen LogP contribution in [-0.2, 0) is 66.7 Å². The van der Waals surface area contributed by atoms with Crippen LogP contribution in [0.15, 0.2) is 48.6 Å². The molecule has 3 fully saturated rings. The largest absolute Gasteiger partial charge is 0.462 e. The zero-order chi connectivity index (χ0) is 45.0. The van der Waals surface area contributed by atoms with E-state index in [0.29, 0.717) is 50.0 Å². The molecule has 0 radical (unpaired) electrons. The second kappa shape index (κ2) is 30.7. The number of carbonyl (C=O) groups is 6. The maximum absolute atomic E-state index is 11.8. The Labute approximate surface area is 357 Å². The molecule has 14 heteroatoms. The first-order valence-corrected chi connectivity index (χ1v) is 21.3. The first kappa shape index (κ1) is 53.7. The van der Waals surface area contributed by atoms with Crippen LogP contribution in [0, 0.1) is 23.7 Å². The zero-order valence-electron chi connectivity index (χ0n) is 37.2. The highest BCUT2D eigenvalue weighted by Crippen LogP contribution is 2.58. The van der Waals surface area contributed by atoms with E-state index in [9.17, 15) is 28.8 Å². The summed E-state index contributed by atoms with van der Waals surface area (Å²) in [5, 5.41) is 0. The van der Waals surface area contributed by atoms with Crippen LogP contribution in [0.3, 0.4) is 0 Å². The third-order valence-electron chi connectivity index (χ3n) is 10.2. The van der Waals surface area contributed by atoms with Crippen LogP contribution < -0.4 is 0 Å². The van der Waals surface area contributed by atoms with E-state index in [0.717, 1.165) is 0 Å². The van der Waals surface area contributed by atoms with Gasteiger partial charge in [-0.25, -0.2) is 19.2 Å². The van der Waals surface area contributed by atoms with E-state index in [1.165, 1.54) is 37.5 Å². The molecule has 60 heavy (non-hydrogen) atoms. The number of hydrogen-bond donors (Lipinski definition) is 0. The first-order valence-electron chi connectivity index (χ1n) is 21.3. The van der Waals surface area contributed by atoms with Crippen molar-refractivity contribution in [2.75, 3.05) is 52.9 Å². The van der Waals surface area contributed by atoms with Gasteiger partial charge in [-0.05, 0) is 123 Å². The molecule has 0 aromatic rings. The summed E-state index contributed by atoms with van der Waals surface area (Å²) in [4.78, 5) is 68.9. The molecule has 14 nitrogen and oxygen atoms in total. The molecule has 2 bridgehead atoms. The average Bonchev–Trinajstić information content (AvgIpc) is 3.97. The molecule has 0 aromatic carbocycles. The lowest BCUT2D eigenvalue weighted by Crippen LogP contribution is -2.30. The van der Waals surface area contributed by atoms with Gasteiger partial charge < -0.3 is 37.9 Å². The standard InChI is InChI=1S/2C18H28O7.C10H16/c2*1-6-22-11-15(12-24-18(21)14(4)5)25-16(19)9-7-8-10-23-17(20)13(2)3;1-2-9-7-4-5-8(6-7)10(9)3-1/h2*15H,2,4,6-12H2,1,3,5H3;7-10H,1-6H2. The minimum atomic E-state index is -0.669. The Morgan fingerprint density at radius 3 is 1.18 bits per heavy atom. The highest BCUT2D eigenvalue weighted by molar-refractivity contribution is 5.88. The van der Waals surface area contributed by atoms with Crippen LogP contribution in [0.4, 0.5) is 0 Å². The zero-order valence-corrected chi connectivity index (χ0v) is 37.2. The van der Waals surface area contributed by atoms with Gasteiger partial charge >= 0.3 is 35.8 Å². The lowest BCUT2D eigenvalue weighted by atomic mass is 9.82. The van der Waals surface area contributed by atoms with E-state index in [4.69, 9.17) is 37.9 Å². The number of carbonyl (C=O) groups excluding carboxylic acids is 6. The predicted octanol–water partition coefficient (Wildman–Crippen LogP) is 7.52. The molecule has 0 aliphatic heterocycles. The second-order valence-corrected chi connectivity index (χ2v) is 15.6. The number of rotatable bonds is 26. The van der Waals surface area contributed by atoms with Gasteiger partial charge in [-0.3, -0.25) is 9.59 Å². The number of hydrogen-bond acceptors (Lipinski definition) is 14. The molecule has 3 saturated carbocycles. The van der Waals surface area contributed by atoms with Gasteiger partial charge in [0.25, 0.3) is 0 Å². The van der Waals surface area contributed by atoms with Crippen molar-refractivity contribution < 1.29 is 66.7 Å². The second-order valence-electron chi connectivity index (χ2n) is 15.6. The van der Waals surface area contributed by atoms with Crippen LogP contribution >= 0.6 is 0 Å². The van der Waals surface area contributed by atoms with Crippen LogP contribution in [0.5, 0.6) is 0 Å². The molecule has 0 heterocycles. The van der Waals surface area contributed by atoms with Gasteiger partial charge in [0.1, 0.15) is 13.2 Å². The Morgan fingerprint density at radius 2 is 0.850 bits per heavy atom. The van der Waals surface area contributed by atoms with Crippen molar-refractivity contribution in [1.29, 1.82) is 0 Å². The molecule has 3 aliphatic rings. The van der Waals surface area contributed by atoms with Gasteiger partial charge in [0, 0.05) is 48.3 Å². The lowest BCUT2D eigenvalue weighted by Gasteiger charge is -2.23. The van der Waals surface area contributed by atoms with Crippen molar-refractivity contribution in [2.24, 2.45) is 23.7 Å². The molecule has 3 rings (SSSR count). The minimum Gasteiger partial charge on any atom is -0.462 e. The van der Waals surface area contributed by atoms with E-state index < -0.39 is 48.0 Å². The molecule has 0 amide bonds. The third-order valence-corrected chi connectivity index (χ3v) is 10.2. The van der Waals surface area contributed by atoms with Gasteiger partial charge in [0.2, 0.25) is 0 Å². The fourth-order valence-electron chi connectivity index (χ4n) is 7.14. The molecular weight excluding hydrogens is 776 g/mol. The fraction of sp³-hybridized carbons (Fsp3) is 0.696. The van der Waals surface area contributed by atoms with Crippen molar-refractivity contribution in [3.63, 3.8) is 0 Å². The summed E-state index contributed by atoms with van der Waals surface area (Å²) in [5.74, 6) is 1.96. The number of fused-ring (bicyclic) bond motifs is 5. The van der Waals surface area contributed by atoms with Crippen LogP contribution in [-0.4, -0.2) is 101 Å². The summed E-state index contributed by atoms with van der Waals surface area (Å²) in [6, 6.07) is 0. The Morgan fingerprint density at radius 1 is 0.500 bits per heavy atom. The van der Waals surface area contributed by atoms with Crippen molar-refractivity contribution in [2.45, 2.75) is 131 Å². The summed E-state index contributed by atoms with van der Waals surface area (Å²) in [5.41, 5.74) is 1.21. The smallest absolute Gasteiger partial charge is 0.333 e. The van der Waals surface area contributed by atoms with Crippen molar-refractivity contribution in [3.05, 3.63) is 48.6 Å². The van der Waals surface area contributed by atoms with E-state index in [2.05, 4.69) is 26.3 Å². The highest BCUT2D eigenvalue weighted by Gasteiger charge is 2.48. The van der Waals surface area contributed by atoms with E-state index in [-0.39, 0.29) is 63.6 Å². The normalized spacial score (nSPS) is 19.0. The third kappa shape index (κ3) is 22.9. The van der Waals surface area contributed by atoms with Gasteiger partial charge in [-0.15, -0.1) is 0 Å². The van der Waals surface area contributed by atoms with Crippen molar-refractivity contribution in [3.8, 4) is 0 Å². The molecule has 0 aromatic heterocycles. The van der Waals surface area contributed by atoms with E-state index in [1.54, 1.807) is 52.4 Å². The average molecular weight is 849 g/mol. The Kier molecular flexibility index (Phi) is 27.5. The fourth-order valence-corrected chi connectivity index (χ4v) is 7.14. The Bertz CT molecular complexity index is 1330. The Hall–Kier alpha value is -4.30. The van der Waals surface area contributed by atoms with Crippen LogP contribution in [0.25, 0.3) is 0 Å². The summed E-state index contributed by atoms with van der Waals surface area (Å²) < 4.78 is 40.8. The van der Waals surface area contributed by atoms with Gasteiger partial charge in [0.15, 0.2) is 12.2 Å². The summed E-state index contributed by atoms with van der Waals surface area (Å²) >= 11 is 0. The van der Waals surface area contributed by atoms with Crippen molar-refractivity contribution >= 4 is 35.8 Å². The van der Waals surface area contributed by atoms with Gasteiger partial charge in [-0.2, -0.15) is 0 Å². The topological polar surface area (TPSA) is 176 Å². The van der Waals surface area contributed by atoms with Crippen molar-refractivity contribution in [1.82, 2.24) is 0 Å². The first-order chi connectivity index (χ1) is 28.5. The summed E-state index contributed by atoms with van der Waals surface area (Å²) in [6.45, 7) is 25.2. The summed E-state index contributed by atoms with van der Waals surface area (Å²) in [7, 11) is 0. The molecule has 0 N–H and O–H groups in total. The number of unbranched alkanes of at least 4 members (excludes halogenated alkanes) is 2. The minimum absolute atomic E-state index is 0.0896. The molecular formula is C46H72O14. The van der Waals surface area contributed by atoms with Crippen LogP contribution in [0.1, 0.15) is 119 Å². The van der Waals surface area contributed by atoms with E-state index in [1.807, 2.05) is 13.8 Å². The quantitative estimate of drug-likeness (QED) is 0.0361. The number of esters is 6. The molecule has 340 valence electrons. The SMILES string of the molecule is C1CC2C3CCC(C3)C2C1.C=C(C)C(=O)OCCCCC(=O)OC(COCC)COC(=O)C(=C)C.C=C(C)C(=O)OCCCCC(=O)OC(COCC)COC(=O)C(=C)C. The molecule has 6 unspecified atom stereocenters. The molecule has 6 atom stereocenters. The van der Waals surface area contributed by atoms with Gasteiger partial charge in [-0.1, -0.05) is 32.7 Å². The molecule has 3 aliphatic carbocycles. The molecule has 0 spiro atoms. The van der Waals surface area contributed by atoms with E-state index >= 15 is 0 Å². The predicted molar refractivity (Wildman–Crippen MR) is 225 cm³/mol.